The van der Waals surface area contributed by atoms with Crippen LogP contribution in [0.1, 0.15) is 36.7 Å². The molecule has 0 heterocycles. The van der Waals surface area contributed by atoms with Gasteiger partial charge in [0.2, 0.25) is 10.0 Å². The van der Waals surface area contributed by atoms with Crippen molar-refractivity contribution in [1.82, 2.24) is 5.32 Å². The van der Waals surface area contributed by atoms with Crippen LogP contribution in [0.2, 0.25) is 0 Å². The summed E-state index contributed by atoms with van der Waals surface area (Å²) in [6, 6.07) is 2.95. The molecule has 0 fully saturated rings. The maximum Gasteiger partial charge on any atom is 0.252 e. The highest BCUT2D eigenvalue weighted by molar-refractivity contribution is 9.10. The minimum Gasteiger partial charge on any atom is -0.345 e. The highest BCUT2D eigenvalue weighted by Crippen LogP contribution is 2.25. The molecule has 5 N–H and O–H groups in total. The van der Waals surface area contributed by atoms with Crippen molar-refractivity contribution in [2.45, 2.75) is 38.1 Å². The summed E-state index contributed by atoms with van der Waals surface area (Å²) in [7, 11) is -3.91. The molecule has 22 heavy (non-hydrogen) atoms. The number of nitrogens with two attached hydrogens (primary N) is 2. The molecule has 0 bridgehead atoms. The second kappa shape index (κ2) is 6.66. The molecule has 0 aliphatic rings. The first-order chi connectivity index (χ1) is 9.92. The zero-order chi connectivity index (χ0) is 17.3. The summed E-state index contributed by atoms with van der Waals surface area (Å²) in [5.41, 5.74) is 5.73. The van der Waals surface area contributed by atoms with E-state index in [0.717, 1.165) is 0 Å². The Kier molecular flexibility index (Phi) is 5.77. The van der Waals surface area contributed by atoms with Crippen molar-refractivity contribution in [1.29, 1.82) is 0 Å². The van der Waals surface area contributed by atoms with E-state index in [-0.39, 0.29) is 28.8 Å². The number of halogens is 1. The number of benzene rings is 1. The SMILES string of the molecule is Cc1c(C(=O)NC(C)(CN)C(C)C)cc(Br)cc1S(N)(=O)=O. The molecule has 1 aromatic carbocycles. The van der Waals surface area contributed by atoms with Crippen LogP contribution in [0.5, 0.6) is 0 Å². The highest BCUT2D eigenvalue weighted by Gasteiger charge is 2.30. The van der Waals surface area contributed by atoms with E-state index in [4.69, 9.17) is 10.9 Å². The second-order valence-electron chi connectivity index (χ2n) is 5.85. The van der Waals surface area contributed by atoms with Crippen LogP contribution >= 0.6 is 15.9 Å². The lowest BCUT2D eigenvalue weighted by Crippen LogP contribution is -2.55. The summed E-state index contributed by atoms with van der Waals surface area (Å²) < 4.78 is 23.7. The van der Waals surface area contributed by atoms with E-state index in [0.29, 0.717) is 10.0 Å². The molecule has 0 spiro atoms. The van der Waals surface area contributed by atoms with Crippen molar-refractivity contribution in [3.8, 4) is 0 Å². The molecule has 1 unspecified atom stereocenters. The predicted octanol–water partition coefficient (Wildman–Crippen LogP) is 1.51. The van der Waals surface area contributed by atoms with Gasteiger partial charge in [-0.05, 0) is 37.5 Å². The van der Waals surface area contributed by atoms with Gasteiger partial charge in [-0.25, -0.2) is 13.6 Å². The van der Waals surface area contributed by atoms with Crippen LogP contribution in [0.25, 0.3) is 0 Å². The lowest BCUT2D eigenvalue weighted by molar-refractivity contribution is 0.0882. The molecule has 1 aromatic rings. The molecule has 1 amide bonds. The standard InChI is InChI=1S/C14H22BrN3O3S/c1-8(2)14(4,7-16)18-13(19)11-5-10(15)6-12(9(11)3)22(17,20)21/h5-6,8H,7,16H2,1-4H3,(H,18,19)(H2,17,20,21). The average Bonchev–Trinajstić information content (AvgIpc) is 2.39. The molecular weight excluding hydrogens is 370 g/mol. The molecule has 1 rings (SSSR count). The van der Waals surface area contributed by atoms with E-state index < -0.39 is 15.6 Å². The highest BCUT2D eigenvalue weighted by atomic mass is 79.9. The summed E-state index contributed by atoms with van der Waals surface area (Å²) in [4.78, 5) is 12.5. The molecule has 6 nitrogen and oxygen atoms in total. The molecule has 8 heteroatoms. The lowest BCUT2D eigenvalue weighted by Gasteiger charge is -2.33. The van der Waals surface area contributed by atoms with Gasteiger partial charge in [-0.2, -0.15) is 0 Å². The van der Waals surface area contributed by atoms with Gasteiger partial charge in [0.05, 0.1) is 10.4 Å². The minimum atomic E-state index is -3.91. The molecule has 124 valence electrons. The molecule has 0 aliphatic carbocycles. The number of primary sulfonamides is 1. The minimum absolute atomic E-state index is 0.0778. The van der Waals surface area contributed by atoms with Crippen LogP contribution in [0.4, 0.5) is 0 Å². The van der Waals surface area contributed by atoms with E-state index in [1.54, 1.807) is 13.0 Å². The van der Waals surface area contributed by atoms with Crippen LogP contribution in [0.3, 0.4) is 0 Å². The number of hydrogen-bond donors (Lipinski definition) is 3. The molecule has 0 saturated heterocycles. The van der Waals surface area contributed by atoms with Crippen molar-refractivity contribution in [2.24, 2.45) is 16.8 Å². The van der Waals surface area contributed by atoms with Gasteiger partial charge >= 0.3 is 0 Å². The summed E-state index contributed by atoms with van der Waals surface area (Å²) in [5, 5.41) is 8.08. The Morgan fingerprint density at radius 2 is 1.95 bits per heavy atom. The molecular formula is C14H22BrN3O3S. The number of amides is 1. The normalized spacial score (nSPS) is 14.7. The number of carbonyl (C=O) groups is 1. The van der Waals surface area contributed by atoms with Gasteiger partial charge in [-0.1, -0.05) is 29.8 Å². The fourth-order valence-electron chi connectivity index (χ4n) is 1.94. The number of carbonyl (C=O) groups excluding carboxylic acids is 1. The fraction of sp³-hybridized carbons (Fsp3) is 0.500. The lowest BCUT2D eigenvalue weighted by atomic mass is 9.88. The molecule has 0 aromatic heterocycles. The van der Waals surface area contributed by atoms with Gasteiger partial charge in [-0.15, -0.1) is 0 Å². The monoisotopic (exact) mass is 391 g/mol. The van der Waals surface area contributed by atoms with Crippen LogP contribution in [-0.4, -0.2) is 26.4 Å². The second-order valence-corrected chi connectivity index (χ2v) is 8.30. The van der Waals surface area contributed by atoms with Crippen LogP contribution in [-0.2, 0) is 10.0 Å². The van der Waals surface area contributed by atoms with Crippen molar-refractivity contribution in [3.05, 3.63) is 27.7 Å². The Morgan fingerprint density at radius 1 is 1.41 bits per heavy atom. The van der Waals surface area contributed by atoms with Crippen LogP contribution in [0.15, 0.2) is 21.5 Å². The summed E-state index contributed by atoms with van der Waals surface area (Å²) in [6.07, 6.45) is 0. The van der Waals surface area contributed by atoms with Crippen molar-refractivity contribution in [3.63, 3.8) is 0 Å². The van der Waals surface area contributed by atoms with Crippen molar-refractivity contribution >= 4 is 31.9 Å². The predicted molar refractivity (Wildman–Crippen MR) is 90.0 cm³/mol. The summed E-state index contributed by atoms with van der Waals surface area (Å²) in [6.45, 7) is 7.58. The third-order valence-corrected chi connectivity index (χ3v) is 5.47. The maximum atomic E-state index is 12.6. The number of hydrogen-bond acceptors (Lipinski definition) is 4. The van der Waals surface area contributed by atoms with E-state index in [1.165, 1.54) is 6.07 Å². The van der Waals surface area contributed by atoms with Gasteiger partial charge in [0.15, 0.2) is 0 Å². The Bertz CT molecular complexity index is 689. The number of sulfonamides is 1. The number of rotatable bonds is 5. The third-order valence-electron chi connectivity index (χ3n) is 3.97. The summed E-state index contributed by atoms with van der Waals surface area (Å²) in [5.74, 6) is -0.267. The Labute approximate surface area is 139 Å². The average molecular weight is 392 g/mol. The maximum absolute atomic E-state index is 12.6. The molecule has 0 aliphatic heterocycles. The van der Waals surface area contributed by atoms with Crippen molar-refractivity contribution in [2.75, 3.05) is 6.54 Å². The van der Waals surface area contributed by atoms with E-state index in [2.05, 4.69) is 21.2 Å². The first kappa shape index (κ1) is 19.1. The van der Waals surface area contributed by atoms with Crippen molar-refractivity contribution < 1.29 is 13.2 Å². The quantitative estimate of drug-likeness (QED) is 0.704. The number of nitrogens with one attached hydrogen (secondary N) is 1. The molecule has 0 saturated carbocycles. The zero-order valence-corrected chi connectivity index (χ0v) is 15.5. The Morgan fingerprint density at radius 3 is 2.36 bits per heavy atom. The van der Waals surface area contributed by atoms with E-state index in [1.807, 2.05) is 20.8 Å². The topological polar surface area (TPSA) is 115 Å². The van der Waals surface area contributed by atoms with Gasteiger partial charge in [-0.3, -0.25) is 4.79 Å². The van der Waals surface area contributed by atoms with Crippen LogP contribution in [0, 0.1) is 12.8 Å². The van der Waals surface area contributed by atoms with E-state index >= 15 is 0 Å². The first-order valence-corrected chi connectivity index (χ1v) is 9.12. The van der Waals surface area contributed by atoms with E-state index in [9.17, 15) is 13.2 Å². The zero-order valence-electron chi connectivity index (χ0n) is 13.1. The summed E-state index contributed by atoms with van der Waals surface area (Å²) >= 11 is 3.21. The van der Waals surface area contributed by atoms with Gasteiger partial charge < -0.3 is 11.1 Å². The molecule has 1 atom stereocenters. The Balaban J connectivity index is 3.34. The Hall–Kier alpha value is -0.960. The van der Waals surface area contributed by atoms with Crippen LogP contribution < -0.4 is 16.2 Å². The molecule has 0 radical (unpaired) electrons. The van der Waals surface area contributed by atoms with Gasteiger partial charge in [0.25, 0.3) is 5.91 Å². The van der Waals surface area contributed by atoms with Gasteiger partial charge in [0, 0.05) is 16.6 Å². The largest absolute Gasteiger partial charge is 0.345 e. The third kappa shape index (κ3) is 4.07. The smallest absolute Gasteiger partial charge is 0.252 e. The van der Waals surface area contributed by atoms with Gasteiger partial charge in [0.1, 0.15) is 0 Å². The fourth-order valence-corrected chi connectivity index (χ4v) is 3.38. The first-order valence-electron chi connectivity index (χ1n) is 6.78.